The third-order valence-corrected chi connectivity index (χ3v) is 3.28. The lowest BCUT2D eigenvalue weighted by molar-refractivity contribution is 0.199. The van der Waals surface area contributed by atoms with Crippen molar-refractivity contribution in [3.8, 4) is 0 Å². The van der Waals surface area contributed by atoms with Crippen LogP contribution in [0.3, 0.4) is 0 Å². The zero-order valence-electron chi connectivity index (χ0n) is 11.0. The summed E-state index contributed by atoms with van der Waals surface area (Å²) in [6.07, 6.45) is 3.94. The molecule has 1 aromatic heterocycles. The highest BCUT2D eigenvalue weighted by Gasteiger charge is 2.00. The van der Waals surface area contributed by atoms with Crippen LogP contribution >= 0.6 is 15.9 Å². The molecule has 0 radical (unpaired) electrons. The van der Waals surface area contributed by atoms with Gasteiger partial charge in [0.15, 0.2) is 0 Å². The molecule has 0 saturated carbocycles. The fourth-order valence-electron chi connectivity index (χ4n) is 1.78. The van der Waals surface area contributed by atoms with E-state index in [1.54, 1.807) is 7.11 Å². The van der Waals surface area contributed by atoms with Gasteiger partial charge in [0.25, 0.3) is 0 Å². The lowest BCUT2D eigenvalue weighted by Crippen LogP contribution is -2.18. The van der Waals surface area contributed by atoms with Crippen LogP contribution < -0.4 is 5.32 Å². The molecule has 0 aliphatic rings. The summed E-state index contributed by atoms with van der Waals surface area (Å²) in [6, 6.07) is 8.33. The lowest BCUT2D eigenvalue weighted by Gasteiger charge is -2.03. The fourth-order valence-corrected chi connectivity index (χ4v) is 2.04. The van der Waals surface area contributed by atoms with Gasteiger partial charge in [0, 0.05) is 37.4 Å². The van der Waals surface area contributed by atoms with Crippen LogP contribution in [-0.4, -0.2) is 29.8 Å². The first-order valence-corrected chi connectivity index (χ1v) is 7.02. The Kier molecular flexibility index (Phi) is 5.57. The Morgan fingerprint density at radius 3 is 2.84 bits per heavy atom. The molecule has 0 saturated heterocycles. The Morgan fingerprint density at radius 1 is 1.32 bits per heavy atom. The van der Waals surface area contributed by atoms with E-state index >= 15 is 0 Å². The van der Waals surface area contributed by atoms with Crippen molar-refractivity contribution in [1.82, 2.24) is 14.9 Å². The van der Waals surface area contributed by atoms with E-state index in [0.29, 0.717) is 0 Å². The number of halogens is 1. The molecule has 0 aliphatic carbocycles. The van der Waals surface area contributed by atoms with Crippen molar-refractivity contribution in [3.05, 3.63) is 52.5 Å². The number of nitrogens with zero attached hydrogens (tertiary/aromatic N) is 2. The molecular weight excluding hydrogens is 306 g/mol. The predicted octanol–water partition coefficient (Wildman–Crippen LogP) is 2.43. The average Bonchev–Trinajstić information content (AvgIpc) is 2.85. The van der Waals surface area contributed by atoms with Crippen molar-refractivity contribution in [2.24, 2.45) is 0 Å². The molecular formula is C14H18BrN3O. The molecule has 4 nitrogen and oxygen atoms in total. The Balaban J connectivity index is 1.85. The number of ether oxygens (including phenoxy) is 1. The molecule has 1 N–H and O–H groups in total. The second-order valence-corrected chi connectivity index (χ2v) is 5.25. The van der Waals surface area contributed by atoms with Gasteiger partial charge in [-0.1, -0.05) is 28.1 Å². The van der Waals surface area contributed by atoms with Crippen molar-refractivity contribution in [2.75, 3.05) is 20.3 Å². The highest BCUT2D eigenvalue weighted by atomic mass is 79.9. The van der Waals surface area contributed by atoms with Crippen molar-refractivity contribution < 1.29 is 4.74 Å². The van der Waals surface area contributed by atoms with E-state index in [4.69, 9.17) is 4.74 Å². The predicted molar refractivity (Wildman–Crippen MR) is 79.1 cm³/mol. The molecule has 2 rings (SSSR count). The second kappa shape index (κ2) is 7.43. The first-order valence-electron chi connectivity index (χ1n) is 6.22. The van der Waals surface area contributed by atoms with Crippen LogP contribution in [0.4, 0.5) is 0 Å². The molecule has 0 fully saturated rings. The molecule has 2 aromatic rings. The molecule has 5 heteroatoms. The summed E-state index contributed by atoms with van der Waals surface area (Å²) in [5.41, 5.74) is 2.31. The summed E-state index contributed by atoms with van der Waals surface area (Å²) >= 11 is 3.44. The highest BCUT2D eigenvalue weighted by Crippen LogP contribution is 2.11. The molecule has 0 spiro atoms. The normalized spacial score (nSPS) is 10.8. The van der Waals surface area contributed by atoms with Crippen LogP contribution in [0.2, 0.25) is 0 Å². The first kappa shape index (κ1) is 14.2. The number of aromatic nitrogens is 2. The lowest BCUT2D eigenvalue weighted by atomic mass is 10.2. The van der Waals surface area contributed by atoms with E-state index in [2.05, 4.69) is 61.3 Å². The Morgan fingerprint density at radius 2 is 2.11 bits per heavy atom. The minimum Gasteiger partial charge on any atom is -0.383 e. The molecule has 0 atom stereocenters. The zero-order valence-corrected chi connectivity index (χ0v) is 12.6. The van der Waals surface area contributed by atoms with Gasteiger partial charge in [-0.25, -0.2) is 4.98 Å². The smallest absolute Gasteiger partial charge is 0.0953 e. The molecule has 19 heavy (non-hydrogen) atoms. The van der Waals surface area contributed by atoms with Gasteiger partial charge in [0.1, 0.15) is 0 Å². The van der Waals surface area contributed by atoms with Crippen LogP contribution in [0, 0.1) is 0 Å². The third-order valence-electron chi connectivity index (χ3n) is 2.75. The van der Waals surface area contributed by atoms with Crippen LogP contribution in [0.1, 0.15) is 11.3 Å². The summed E-state index contributed by atoms with van der Waals surface area (Å²) in [4.78, 5) is 4.38. The van der Waals surface area contributed by atoms with Gasteiger partial charge < -0.3 is 14.6 Å². The third kappa shape index (κ3) is 4.78. The van der Waals surface area contributed by atoms with Gasteiger partial charge in [-0.05, 0) is 17.7 Å². The average molecular weight is 324 g/mol. The molecule has 0 amide bonds. The number of hydrogen-bond donors (Lipinski definition) is 1. The molecule has 0 unspecified atom stereocenters. The number of rotatable bonds is 7. The van der Waals surface area contributed by atoms with E-state index < -0.39 is 0 Å². The van der Waals surface area contributed by atoms with Gasteiger partial charge in [-0.3, -0.25) is 0 Å². The summed E-state index contributed by atoms with van der Waals surface area (Å²) in [7, 11) is 1.70. The summed E-state index contributed by atoms with van der Waals surface area (Å²) in [5, 5.41) is 3.28. The highest BCUT2D eigenvalue weighted by molar-refractivity contribution is 9.10. The van der Waals surface area contributed by atoms with E-state index in [1.165, 1.54) is 5.56 Å². The van der Waals surface area contributed by atoms with E-state index in [1.807, 2.05) is 6.33 Å². The Labute approximate surface area is 121 Å². The number of methoxy groups -OCH3 is 1. The minimum absolute atomic E-state index is 0.722. The first-order chi connectivity index (χ1) is 9.28. The van der Waals surface area contributed by atoms with Crippen LogP contribution in [0.5, 0.6) is 0 Å². The Hall–Kier alpha value is -1.17. The molecule has 1 heterocycles. The standard InChI is InChI=1S/C14H18BrN3O/c1-19-7-6-16-8-14-10-18(11-17-14)9-12-2-4-13(15)5-3-12/h2-5,10-11,16H,6-9H2,1H3. The number of hydrogen-bond acceptors (Lipinski definition) is 3. The molecule has 102 valence electrons. The van der Waals surface area contributed by atoms with Gasteiger partial charge in [0.2, 0.25) is 0 Å². The van der Waals surface area contributed by atoms with Gasteiger partial charge >= 0.3 is 0 Å². The number of benzene rings is 1. The SMILES string of the molecule is COCCNCc1cn(Cc2ccc(Br)cc2)cn1. The number of nitrogens with one attached hydrogen (secondary N) is 1. The minimum atomic E-state index is 0.722. The van der Waals surface area contributed by atoms with Crippen molar-refractivity contribution >= 4 is 15.9 Å². The quantitative estimate of drug-likeness (QED) is 0.795. The number of imidazole rings is 1. The van der Waals surface area contributed by atoms with Crippen LogP contribution in [0.15, 0.2) is 41.3 Å². The summed E-state index contributed by atoms with van der Waals surface area (Å²) in [6.45, 7) is 3.19. The molecule has 0 bridgehead atoms. The van der Waals surface area contributed by atoms with Gasteiger partial charge in [-0.2, -0.15) is 0 Å². The van der Waals surface area contributed by atoms with Crippen LogP contribution in [0.25, 0.3) is 0 Å². The monoisotopic (exact) mass is 323 g/mol. The van der Waals surface area contributed by atoms with Crippen molar-refractivity contribution in [3.63, 3.8) is 0 Å². The summed E-state index contributed by atoms with van der Waals surface area (Å²) < 4.78 is 8.18. The maximum absolute atomic E-state index is 4.98. The maximum Gasteiger partial charge on any atom is 0.0953 e. The molecule has 0 aliphatic heterocycles. The van der Waals surface area contributed by atoms with Crippen molar-refractivity contribution in [1.29, 1.82) is 0 Å². The van der Waals surface area contributed by atoms with E-state index in [9.17, 15) is 0 Å². The maximum atomic E-state index is 4.98. The van der Waals surface area contributed by atoms with E-state index in [0.717, 1.165) is 36.4 Å². The van der Waals surface area contributed by atoms with Gasteiger partial charge in [-0.15, -0.1) is 0 Å². The van der Waals surface area contributed by atoms with Gasteiger partial charge in [0.05, 0.1) is 18.6 Å². The molecule has 1 aromatic carbocycles. The van der Waals surface area contributed by atoms with E-state index in [-0.39, 0.29) is 0 Å². The second-order valence-electron chi connectivity index (χ2n) is 4.33. The summed E-state index contributed by atoms with van der Waals surface area (Å²) in [5.74, 6) is 0. The van der Waals surface area contributed by atoms with Crippen molar-refractivity contribution in [2.45, 2.75) is 13.1 Å². The zero-order chi connectivity index (χ0) is 13.5. The van der Waals surface area contributed by atoms with Crippen LogP contribution in [-0.2, 0) is 17.8 Å². The fraction of sp³-hybridized carbons (Fsp3) is 0.357. The Bertz CT molecular complexity index is 496. The topological polar surface area (TPSA) is 39.1 Å². The largest absolute Gasteiger partial charge is 0.383 e.